The summed E-state index contributed by atoms with van der Waals surface area (Å²) in [7, 11) is 0. The van der Waals surface area contributed by atoms with Crippen LogP contribution in [0.3, 0.4) is 0 Å². The number of fused-ring (bicyclic) bond motifs is 1. The van der Waals surface area contributed by atoms with Gasteiger partial charge in [0.1, 0.15) is 5.76 Å². The second kappa shape index (κ2) is 6.33. The van der Waals surface area contributed by atoms with Crippen LogP contribution in [0.15, 0.2) is 40.2 Å². The molecular weight excluding hydrogens is 314 g/mol. The summed E-state index contributed by atoms with van der Waals surface area (Å²) in [6.45, 7) is 0.811. The molecule has 0 radical (unpaired) electrons. The Morgan fingerprint density at radius 3 is 3.04 bits per heavy atom. The maximum absolute atomic E-state index is 12.2. The van der Waals surface area contributed by atoms with E-state index in [1.165, 1.54) is 11.8 Å². The van der Waals surface area contributed by atoms with Crippen molar-refractivity contribution in [1.29, 1.82) is 0 Å². The van der Waals surface area contributed by atoms with Crippen LogP contribution in [0.4, 0.5) is 0 Å². The Morgan fingerprint density at radius 2 is 2.22 bits per heavy atom. The fourth-order valence-corrected chi connectivity index (χ4v) is 3.77. The molecule has 6 nitrogen and oxygen atoms in total. The number of carbonyl (C=O) groups is 1. The van der Waals surface area contributed by atoms with E-state index in [1.807, 2.05) is 6.07 Å². The van der Waals surface area contributed by atoms with Crippen molar-refractivity contribution >= 4 is 17.7 Å². The molecule has 1 aliphatic heterocycles. The molecule has 1 N–H and O–H groups in total. The van der Waals surface area contributed by atoms with Gasteiger partial charge in [0.15, 0.2) is 10.9 Å². The molecule has 7 heteroatoms. The number of rotatable bonds is 5. The highest BCUT2D eigenvalue weighted by molar-refractivity contribution is 7.98. The molecule has 4 rings (SSSR count). The third-order valence-electron chi connectivity index (χ3n) is 4.35. The molecule has 1 aliphatic carbocycles. The van der Waals surface area contributed by atoms with Crippen molar-refractivity contribution < 1.29 is 13.9 Å². The summed E-state index contributed by atoms with van der Waals surface area (Å²) in [5, 5.41) is 3.74. The predicted molar refractivity (Wildman–Crippen MR) is 84.0 cm³/mol. The summed E-state index contributed by atoms with van der Waals surface area (Å²) < 4.78 is 11.2. The lowest BCUT2D eigenvalue weighted by Crippen LogP contribution is -2.53. The van der Waals surface area contributed by atoms with Crippen LogP contribution >= 0.6 is 11.8 Å². The first-order valence-corrected chi connectivity index (χ1v) is 8.69. The first kappa shape index (κ1) is 14.7. The fraction of sp³-hybridized carbons (Fsp3) is 0.438. The van der Waals surface area contributed by atoms with E-state index in [0.29, 0.717) is 28.7 Å². The van der Waals surface area contributed by atoms with Crippen LogP contribution in [0, 0.1) is 5.92 Å². The number of aromatic nitrogens is 2. The van der Waals surface area contributed by atoms with Gasteiger partial charge >= 0.3 is 0 Å². The molecule has 2 fully saturated rings. The van der Waals surface area contributed by atoms with Crippen LogP contribution in [0.1, 0.15) is 29.2 Å². The first-order valence-electron chi connectivity index (χ1n) is 7.70. The molecule has 2 aromatic rings. The van der Waals surface area contributed by atoms with E-state index in [1.54, 1.807) is 24.5 Å². The zero-order chi connectivity index (χ0) is 15.6. The van der Waals surface area contributed by atoms with Crippen molar-refractivity contribution in [3.63, 3.8) is 0 Å². The molecule has 0 unspecified atom stereocenters. The highest BCUT2D eigenvalue weighted by atomic mass is 32.2. The minimum absolute atomic E-state index is 0.146. The van der Waals surface area contributed by atoms with Crippen LogP contribution < -0.4 is 5.32 Å². The lowest BCUT2D eigenvalue weighted by Gasteiger charge is -2.39. The molecule has 120 valence electrons. The number of amides is 1. The third kappa shape index (κ3) is 3.11. The zero-order valence-electron chi connectivity index (χ0n) is 12.5. The quantitative estimate of drug-likeness (QED) is 0.669. The number of nitrogens with one attached hydrogen (secondary N) is 1. The summed E-state index contributed by atoms with van der Waals surface area (Å²) >= 11 is 1.48. The molecule has 1 saturated heterocycles. The van der Waals surface area contributed by atoms with Gasteiger partial charge in [-0.25, -0.2) is 9.97 Å². The van der Waals surface area contributed by atoms with E-state index in [-0.39, 0.29) is 11.9 Å². The van der Waals surface area contributed by atoms with Crippen molar-refractivity contribution in [2.75, 3.05) is 6.61 Å². The van der Waals surface area contributed by atoms with Gasteiger partial charge in [0.25, 0.3) is 5.91 Å². The molecule has 3 atom stereocenters. The largest absolute Gasteiger partial charge is 0.455 e. The lowest BCUT2D eigenvalue weighted by molar-refractivity contribution is 0.00771. The lowest BCUT2D eigenvalue weighted by atomic mass is 9.76. The standard InChI is InChI=1S/C16H17N3O3S/c20-15(19-12-8-14-11(12)4-7-21-14)13-3-2-10(22-13)9-23-16-17-5-1-6-18-16/h1-3,5-6,11-12,14H,4,7-9H2,(H,19,20)/t11-,12-,14+/m1/s1. The van der Waals surface area contributed by atoms with Gasteiger partial charge in [-0.05, 0) is 31.0 Å². The maximum atomic E-state index is 12.2. The summed E-state index contributed by atoms with van der Waals surface area (Å²) in [6.07, 6.45) is 5.69. The number of hydrogen-bond donors (Lipinski definition) is 1. The van der Waals surface area contributed by atoms with E-state index < -0.39 is 0 Å². The summed E-state index contributed by atoms with van der Waals surface area (Å²) in [4.78, 5) is 20.5. The highest BCUT2D eigenvalue weighted by Crippen LogP contribution is 2.38. The molecule has 23 heavy (non-hydrogen) atoms. The second-order valence-electron chi connectivity index (χ2n) is 5.76. The van der Waals surface area contributed by atoms with Crippen LogP contribution in [0.2, 0.25) is 0 Å². The van der Waals surface area contributed by atoms with E-state index in [4.69, 9.17) is 9.15 Å². The monoisotopic (exact) mass is 331 g/mol. The molecule has 2 aromatic heterocycles. The fourth-order valence-electron chi connectivity index (χ4n) is 3.08. The normalized spacial score (nSPS) is 25.7. The van der Waals surface area contributed by atoms with E-state index in [2.05, 4.69) is 15.3 Å². The molecular formula is C16H17N3O3S. The minimum Gasteiger partial charge on any atom is -0.455 e. The van der Waals surface area contributed by atoms with Crippen LogP contribution in [-0.4, -0.2) is 34.6 Å². The number of ether oxygens (including phenoxy) is 1. The van der Waals surface area contributed by atoms with Gasteiger partial charge in [0, 0.05) is 31.0 Å². The van der Waals surface area contributed by atoms with E-state index in [9.17, 15) is 4.79 Å². The van der Waals surface area contributed by atoms with Gasteiger partial charge in [-0.3, -0.25) is 4.79 Å². The average Bonchev–Trinajstić information content (AvgIpc) is 3.18. The Labute approximate surface area is 138 Å². The van der Waals surface area contributed by atoms with Crippen molar-refractivity contribution in [3.05, 3.63) is 42.1 Å². The molecule has 0 aromatic carbocycles. The first-order chi connectivity index (χ1) is 11.3. The molecule has 0 bridgehead atoms. The second-order valence-corrected chi connectivity index (χ2v) is 6.71. The molecule has 0 spiro atoms. The Bertz CT molecular complexity index is 691. The van der Waals surface area contributed by atoms with Gasteiger partial charge in [-0.1, -0.05) is 11.8 Å². The van der Waals surface area contributed by atoms with Crippen LogP contribution in [0.5, 0.6) is 0 Å². The summed E-state index contributed by atoms with van der Waals surface area (Å²) in [6, 6.07) is 5.54. The third-order valence-corrected chi connectivity index (χ3v) is 5.25. The summed E-state index contributed by atoms with van der Waals surface area (Å²) in [5.41, 5.74) is 0. The minimum atomic E-state index is -0.146. The number of carbonyl (C=O) groups excluding carboxylic acids is 1. The Kier molecular flexibility index (Phi) is 4.05. The van der Waals surface area contributed by atoms with Gasteiger partial charge < -0.3 is 14.5 Å². The Hall–Kier alpha value is -1.86. The van der Waals surface area contributed by atoms with E-state index >= 15 is 0 Å². The average molecular weight is 331 g/mol. The summed E-state index contributed by atoms with van der Waals surface area (Å²) in [5.74, 6) is 2.02. The maximum Gasteiger partial charge on any atom is 0.287 e. The zero-order valence-corrected chi connectivity index (χ0v) is 13.3. The van der Waals surface area contributed by atoms with Crippen molar-refractivity contribution in [2.45, 2.75) is 35.9 Å². The van der Waals surface area contributed by atoms with Gasteiger partial charge in [-0.2, -0.15) is 0 Å². The number of furan rings is 1. The van der Waals surface area contributed by atoms with Crippen molar-refractivity contribution in [2.24, 2.45) is 5.92 Å². The van der Waals surface area contributed by atoms with Gasteiger partial charge in [0.05, 0.1) is 11.9 Å². The molecule has 3 heterocycles. The van der Waals surface area contributed by atoms with Crippen LogP contribution in [0.25, 0.3) is 0 Å². The number of nitrogens with zero attached hydrogens (tertiary/aromatic N) is 2. The molecule has 1 saturated carbocycles. The smallest absolute Gasteiger partial charge is 0.287 e. The highest BCUT2D eigenvalue weighted by Gasteiger charge is 2.45. The Balaban J connectivity index is 1.31. The van der Waals surface area contributed by atoms with Gasteiger partial charge in [-0.15, -0.1) is 0 Å². The Morgan fingerprint density at radius 1 is 1.35 bits per heavy atom. The SMILES string of the molecule is O=C(N[C@@H]1C[C@@H]2OCC[C@@H]21)c1ccc(CSc2ncccn2)o1. The van der Waals surface area contributed by atoms with Crippen LogP contribution in [-0.2, 0) is 10.5 Å². The van der Waals surface area contributed by atoms with Crippen molar-refractivity contribution in [1.82, 2.24) is 15.3 Å². The number of hydrogen-bond acceptors (Lipinski definition) is 6. The van der Waals surface area contributed by atoms with Crippen molar-refractivity contribution in [3.8, 4) is 0 Å². The number of thioether (sulfide) groups is 1. The van der Waals surface area contributed by atoms with E-state index in [0.717, 1.165) is 25.2 Å². The van der Waals surface area contributed by atoms with Gasteiger partial charge in [0.2, 0.25) is 0 Å². The predicted octanol–water partition coefficient (Wildman–Crippen LogP) is 2.27. The molecule has 1 amide bonds. The topological polar surface area (TPSA) is 77.2 Å². The molecule has 2 aliphatic rings.